The molecule has 1 fully saturated rings. The molecule has 15 nitrogen and oxygen atoms in total. The van der Waals surface area contributed by atoms with Gasteiger partial charge in [-0.05, 0) is 102 Å². The van der Waals surface area contributed by atoms with Crippen molar-refractivity contribution < 1.29 is 33.8 Å². The summed E-state index contributed by atoms with van der Waals surface area (Å²) < 4.78 is 12.5. The number of hydrogen-bond acceptors (Lipinski definition) is 12. The maximum absolute atomic E-state index is 13.3. The van der Waals surface area contributed by atoms with Crippen molar-refractivity contribution in [2.24, 2.45) is 0 Å². The van der Waals surface area contributed by atoms with Crippen LogP contribution in [0.25, 0.3) is 0 Å². The second-order valence-electron chi connectivity index (χ2n) is 15.3. The first-order valence-corrected chi connectivity index (χ1v) is 19.9. The average Bonchev–Trinajstić information content (AvgIpc) is 3.15. The van der Waals surface area contributed by atoms with Crippen molar-refractivity contribution >= 4 is 40.8 Å². The number of likely N-dealkylation sites (tertiary alicyclic amines) is 1. The van der Waals surface area contributed by atoms with Crippen LogP contribution in [0, 0.1) is 0 Å². The summed E-state index contributed by atoms with van der Waals surface area (Å²) >= 11 is 6.08. The molecule has 16 heteroatoms. The lowest BCUT2D eigenvalue weighted by molar-refractivity contribution is -0.933. The zero-order valence-corrected chi connectivity index (χ0v) is 34.7. The first-order valence-electron chi connectivity index (χ1n) is 19.6. The van der Waals surface area contributed by atoms with Crippen molar-refractivity contribution in [3.05, 3.63) is 70.5 Å². The quantitative estimate of drug-likeness (QED) is 0.102. The molecule has 57 heavy (non-hydrogen) atoms. The number of rotatable bonds is 23. The Bertz CT molecular complexity index is 1670. The number of aromatic nitrogens is 2. The third-order valence-electron chi connectivity index (χ3n) is 9.95. The van der Waals surface area contributed by atoms with Crippen LogP contribution in [0.4, 0.5) is 11.6 Å². The van der Waals surface area contributed by atoms with Gasteiger partial charge in [0.05, 0.1) is 32.2 Å². The number of nitrogens with one attached hydrogen (secondary N) is 2. The predicted molar refractivity (Wildman–Crippen MR) is 223 cm³/mol. The molecule has 1 aromatic heterocycles. The number of hydrogen-bond donors (Lipinski definition) is 4. The van der Waals surface area contributed by atoms with E-state index in [0.717, 1.165) is 99.8 Å². The molecule has 2 aromatic carbocycles. The first kappa shape index (κ1) is 46.8. The van der Waals surface area contributed by atoms with E-state index in [1.807, 2.05) is 69.5 Å². The van der Waals surface area contributed by atoms with Crippen molar-refractivity contribution in [1.82, 2.24) is 30.4 Å². The molecule has 1 aliphatic rings. The summed E-state index contributed by atoms with van der Waals surface area (Å²) in [6.07, 6.45) is 6.64. The molecule has 0 radical (unpaired) electrons. The van der Waals surface area contributed by atoms with E-state index in [4.69, 9.17) is 32.5 Å². The second kappa shape index (κ2) is 23.6. The molecule has 2 heterocycles. The summed E-state index contributed by atoms with van der Waals surface area (Å²) in [4.78, 5) is 50.1. The van der Waals surface area contributed by atoms with Gasteiger partial charge in [0.25, 0.3) is 11.8 Å². The van der Waals surface area contributed by atoms with Crippen LogP contribution in [0.2, 0.25) is 5.15 Å². The van der Waals surface area contributed by atoms with Crippen LogP contribution < -0.4 is 31.6 Å². The van der Waals surface area contributed by atoms with Gasteiger partial charge >= 0.3 is 0 Å². The Kier molecular flexibility index (Phi) is 19.4. The Balaban J connectivity index is 0.00000870. The molecule has 2 atom stereocenters. The number of carbonyl (C=O) groups excluding carboxylic acids is 3. The van der Waals surface area contributed by atoms with Gasteiger partial charge in [0.1, 0.15) is 18.1 Å². The molecule has 0 spiro atoms. The zero-order valence-electron chi connectivity index (χ0n) is 34.0. The molecule has 0 aliphatic carbocycles. The van der Waals surface area contributed by atoms with Gasteiger partial charge < -0.3 is 51.3 Å². The molecule has 0 bridgehead atoms. The minimum atomic E-state index is -0.418. The van der Waals surface area contributed by atoms with E-state index in [1.165, 1.54) is 0 Å². The van der Waals surface area contributed by atoms with E-state index in [2.05, 4.69) is 37.6 Å². The standard InChI is InChI=1S/C41H60ClN9O5.H2O/c1-49(2)20-7-16-33(52)28-55-34-17-5-11-30(25-34)13-8-22-51(24-10-15-32(27-51)46-41(54)37-39(43)48-40(44)38(42)47-37)23-9-14-31-12-6-18-35(26-31)56-29-36(53)45-19-21-50(3)4;/h5-6,11-12,17-18,25-26,32H,7-10,13-16,19-24,27-29H2,1-4H3,(H5-,43,44,45,46,48,53,54);1H2/t32-,51?;/m0./s1. The number of benzene rings is 2. The molecular weight excluding hydrogens is 750 g/mol. The number of anilines is 2. The number of ketones is 1. The van der Waals surface area contributed by atoms with Gasteiger partial charge in [0.15, 0.2) is 34.9 Å². The molecule has 314 valence electrons. The van der Waals surface area contributed by atoms with Gasteiger partial charge in [0, 0.05) is 32.4 Å². The van der Waals surface area contributed by atoms with Crippen LogP contribution in [0.5, 0.6) is 11.5 Å². The Morgan fingerprint density at radius 1 is 0.860 bits per heavy atom. The van der Waals surface area contributed by atoms with E-state index in [1.54, 1.807) is 0 Å². The normalized spacial score (nSPS) is 16.5. The number of nitrogens with two attached hydrogens (primary N) is 2. The average molecular weight is 812 g/mol. The van der Waals surface area contributed by atoms with Gasteiger partial charge in [-0.1, -0.05) is 35.9 Å². The number of ether oxygens (including phenoxy) is 2. The SMILES string of the molecule is CN(C)CCCC(=O)COc1cccc(CCC[N+]2(CCCc3cccc(OCC(=O)NCCN(C)C)c3)CCC[C@H](NC(=O)c3nc(Cl)c(N)nc3N)C2)c1.[OH-]. The number of halogens is 1. The summed E-state index contributed by atoms with van der Waals surface area (Å²) in [6.45, 7) is 5.83. The Hall–Kier alpha value is -4.54. The number of carbonyl (C=O) groups is 3. The van der Waals surface area contributed by atoms with Gasteiger partial charge in [-0.2, -0.15) is 0 Å². The summed E-state index contributed by atoms with van der Waals surface area (Å²) in [5.74, 6) is 0.825. The number of amides is 2. The van der Waals surface area contributed by atoms with Gasteiger partial charge in [-0.3, -0.25) is 14.4 Å². The number of Topliss-reactive ketones (excluding diaryl/α,β-unsaturated/α-hetero) is 1. The molecule has 1 saturated heterocycles. The Morgan fingerprint density at radius 3 is 2.09 bits per heavy atom. The van der Waals surface area contributed by atoms with Crippen molar-refractivity contribution in [3.63, 3.8) is 0 Å². The monoisotopic (exact) mass is 811 g/mol. The number of quaternary nitrogens is 1. The number of piperidine rings is 1. The van der Waals surface area contributed by atoms with Gasteiger partial charge in [-0.15, -0.1) is 0 Å². The maximum atomic E-state index is 13.3. The lowest BCUT2D eigenvalue weighted by atomic mass is 9.99. The highest BCUT2D eigenvalue weighted by atomic mass is 35.5. The highest BCUT2D eigenvalue weighted by Crippen LogP contribution is 2.25. The minimum Gasteiger partial charge on any atom is -0.870 e. The summed E-state index contributed by atoms with van der Waals surface area (Å²) in [7, 11) is 7.92. The third-order valence-corrected chi connectivity index (χ3v) is 10.2. The van der Waals surface area contributed by atoms with E-state index in [9.17, 15) is 14.4 Å². The Morgan fingerprint density at radius 2 is 1.47 bits per heavy atom. The van der Waals surface area contributed by atoms with E-state index in [0.29, 0.717) is 24.5 Å². The molecule has 1 unspecified atom stereocenters. The number of aryl methyl sites for hydroxylation is 2. The van der Waals surface area contributed by atoms with E-state index < -0.39 is 5.91 Å². The van der Waals surface area contributed by atoms with Crippen LogP contribution in [-0.4, -0.2) is 141 Å². The highest BCUT2D eigenvalue weighted by molar-refractivity contribution is 6.31. The maximum Gasteiger partial charge on any atom is 0.274 e. The van der Waals surface area contributed by atoms with Crippen LogP contribution >= 0.6 is 11.6 Å². The number of likely N-dealkylation sites (N-methyl/N-ethyl adjacent to an activating group) is 1. The second-order valence-corrected chi connectivity index (χ2v) is 15.7. The van der Waals surface area contributed by atoms with Crippen LogP contribution in [0.1, 0.15) is 60.1 Å². The van der Waals surface area contributed by atoms with E-state index in [-0.39, 0.29) is 58.9 Å². The fourth-order valence-corrected chi connectivity index (χ4v) is 7.21. The van der Waals surface area contributed by atoms with Crippen molar-refractivity contribution in [2.75, 3.05) is 98.7 Å². The fraction of sp³-hybridized carbons (Fsp3) is 0.537. The molecule has 4 rings (SSSR count). The molecule has 7 N–H and O–H groups in total. The zero-order chi connectivity index (χ0) is 40.5. The van der Waals surface area contributed by atoms with Gasteiger partial charge in [-0.25, -0.2) is 9.97 Å². The largest absolute Gasteiger partial charge is 0.870 e. The first-order chi connectivity index (χ1) is 26.8. The fourth-order valence-electron chi connectivity index (χ4n) is 7.09. The molecule has 1 aliphatic heterocycles. The van der Waals surface area contributed by atoms with Crippen molar-refractivity contribution in [1.29, 1.82) is 0 Å². The topological polar surface area (TPSA) is 208 Å². The number of nitrogens with zero attached hydrogens (tertiary/aromatic N) is 5. The lowest BCUT2D eigenvalue weighted by Crippen LogP contribution is -2.60. The lowest BCUT2D eigenvalue weighted by Gasteiger charge is -2.45. The summed E-state index contributed by atoms with van der Waals surface area (Å²) in [6, 6.07) is 15.8. The highest BCUT2D eigenvalue weighted by Gasteiger charge is 2.35. The predicted octanol–water partition coefficient (Wildman–Crippen LogP) is 3.44. The van der Waals surface area contributed by atoms with E-state index >= 15 is 0 Å². The number of nitrogen functional groups attached to an aromatic ring is 2. The Labute approximate surface area is 342 Å². The van der Waals surface area contributed by atoms with Gasteiger partial charge in [0.2, 0.25) is 0 Å². The molecular formula is C41H62ClN9O6. The molecule has 0 saturated carbocycles. The minimum absolute atomic E-state index is 0. The van der Waals surface area contributed by atoms with Crippen LogP contribution in [0.3, 0.4) is 0 Å². The van der Waals surface area contributed by atoms with Crippen molar-refractivity contribution in [3.8, 4) is 11.5 Å². The van der Waals surface area contributed by atoms with Crippen LogP contribution in [0.15, 0.2) is 48.5 Å². The van der Waals surface area contributed by atoms with Crippen LogP contribution in [-0.2, 0) is 22.4 Å². The molecule has 3 aromatic rings. The molecule has 2 amide bonds. The summed E-state index contributed by atoms with van der Waals surface area (Å²) in [5.41, 5.74) is 14.0. The smallest absolute Gasteiger partial charge is 0.274 e. The summed E-state index contributed by atoms with van der Waals surface area (Å²) in [5, 5.41) is 5.97. The third kappa shape index (κ3) is 16.5. The van der Waals surface area contributed by atoms with Crippen molar-refractivity contribution in [2.45, 2.75) is 57.4 Å².